The van der Waals surface area contributed by atoms with Crippen molar-refractivity contribution in [2.45, 2.75) is 57.8 Å². The van der Waals surface area contributed by atoms with Crippen LogP contribution in [0.1, 0.15) is 39.5 Å². The van der Waals surface area contributed by atoms with E-state index in [0.717, 1.165) is 19.3 Å². The topological polar surface area (TPSA) is 78.8 Å². The summed E-state index contributed by atoms with van der Waals surface area (Å²) in [6.07, 6.45) is 2.26. The molecule has 1 rings (SSSR count). The standard InChI is InChI=1S/C13H25NO4/c1-3-9(4-2)11(15)8-14-7-10-5-6-12(18-10)13(16)17/h9-12,14-15H,3-8H2,1-2H3,(H,16,17). The number of aliphatic carboxylic acids is 1. The van der Waals surface area contributed by atoms with Crippen LogP contribution in [0.5, 0.6) is 0 Å². The second-order valence-electron chi connectivity index (χ2n) is 4.96. The summed E-state index contributed by atoms with van der Waals surface area (Å²) in [6, 6.07) is 0. The summed E-state index contributed by atoms with van der Waals surface area (Å²) >= 11 is 0. The fourth-order valence-corrected chi connectivity index (χ4v) is 2.43. The van der Waals surface area contributed by atoms with Gasteiger partial charge in [0.25, 0.3) is 0 Å². The molecule has 1 saturated heterocycles. The number of carboxylic acids is 1. The van der Waals surface area contributed by atoms with E-state index in [1.54, 1.807) is 0 Å². The smallest absolute Gasteiger partial charge is 0.332 e. The van der Waals surface area contributed by atoms with Gasteiger partial charge in [-0.2, -0.15) is 0 Å². The van der Waals surface area contributed by atoms with Crippen LogP contribution in [-0.4, -0.2) is 47.6 Å². The van der Waals surface area contributed by atoms with Crippen molar-refractivity contribution in [3.05, 3.63) is 0 Å². The van der Waals surface area contributed by atoms with Gasteiger partial charge in [-0.3, -0.25) is 0 Å². The molecule has 3 unspecified atom stereocenters. The van der Waals surface area contributed by atoms with Gasteiger partial charge in [-0.25, -0.2) is 4.79 Å². The highest BCUT2D eigenvalue weighted by Crippen LogP contribution is 2.19. The predicted octanol–water partition coefficient (Wildman–Crippen LogP) is 1.01. The maximum absolute atomic E-state index is 10.7. The highest BCUT2D eigenvalue weighted by molar-refractivity contribution is 5.72. The minimum absolute atomic E-state index is 0.0417. The summed E-state index contributed by atoms with van der Waals surface area (Å²) in [6.45, 7) is 5.31. The highest BCUT2D eigenvalue weighted by Gasteiger charge is 2.30. The maximum Gasteiger partial charge on any atom is 0.332 e. The maximum atomic E-state index is 10.7. The van der Waals surface area contributed by atoms with Gasteiger partial charge in [-0.1, -0.05) is 26.7 Å². The van der Waals surface area contributed by atoms with Crippen molar-refractivity contribution < 1.29 is 19.7 Å². The van der Waals surface area contributed by atoms with E-state index in [9.17, 15) is 9.90 Å². The van der Waals surface area contributed by atoms with Crippen LogP contribution < -0.4 is 5.32 Å². The largest absolute Gasteiger partial charge is 0.479 e. The Labute approximate surface area is 109 Å². The van der Waals surface area contributed by atoms with E-state index in [-0.39, 0.29) is 12.2 Å². The molecule has 5 heteroatoms. The lowest BCUT2D eigenvalue weighted by Gasteiger charge is -2.21. The van der Waals surface area contributed by atoms with Crippen molar-refractivity contribution in [1.29, 1.82) is 0 Å². The molecule has 0 aliphatic carbocycles. The van der Waals surface area contributed by atoms with Crippen molar-refractivity contribution in [1.82, 2.24) is 5.32 Å². The van der Waals surface area contributed by atoms with Gasteiger partial charge in [0.05, 0.1) is 12.2 Å². The van der Waals surface area contributed by atoms with Gasteiger partial charge in [0, 0.05) is 13.1 Å². The van der Waals surface area contributed by atoms with Gasteiger partial charge in [0.2, 0.25) is 0 Å². The van der Waals surface area contributed by atoms with E-state index >= 15 is 0 Å². The molecule has 106 valence electrons. The van der Waals surface area contributed by atoms with Crippen molar-refractivity contribution in [2.75, 3.05) is 13.1 Å². The quantitative estimate of drug-likeness (QED) is 0.606. The first kappa shape index (κ1) is 15.4. The first-order valence-corrected chi connectivity index (χ1v) is 6.85. The van der Waals surface area contributed by atoms with Crippen LogP contribution in [0.3, 0.4) is 0 Å². The number of aliphatic hydroxyl groups is 1. The molecule has 0 saturated carbocycles. The number of nitrogens with one attached hydrogen (secondary N) is 1. The minimum atomic E-state index is -0.880. The Hall–Kier alpha value is -0.650. The van der Waals surface area contributed by atoms with E-state index in [1.807, 2.05) is 0 Å². The average molecular weight is 259 g/mol. The number of ether oxygens (including phenoxy) is 1. The number of hydrogen-bond donors (Lipinski definition) is 3. The van der Waals surface area contributed by atoms with Gasteiger partial charge in [-0.05, 0) is 18.8 Å². The Morgan fingerprint density at radius 2 is 2.06 bits per heavy atom. The van der Waals surface area contributed by atoms with Crippen molar-refractivity contribution in [3.63, 3.8) is 0 Å². The second kappa shape index (κ2) is 7.71. The van der Waals surface area contributed by atoms with Crippen molar-refractivity contribution in [2.24, 2.45) is 5.92 Å². The third kappa shape index (κ3) is 4.55. The molecule has 0 aromatic rings. The molecule has 1 aliphatic rings. The lowest BCUT2D eigenvalue weighted by atomic mass is 9.96. The number of carbonyl (C=O) groups is 1. The van der Waals surface area contributed by atoms with Crippen LogP contribution in [0, 0.1) is 5.92 Å². The molecule has 1 heterocycles. The summed E-state index contributed by atoms with van der Waals surface area (Å²) in [7, 11) is 0. The van der Waals surface area contributed by atoms with Crippen LogP contribution >= 0.6 is 0 Å². The van der Waals surface area contributed by atoms with Crippen LogP contribution in [0.15, 0.2) is 0 Å². The Morgan fingerprint density at radius 1 is 1.39 bits per heavy atom. The predicted molar refractivity (Wildman–Crippen MR) is 68.5 cm³/mol. The molecule has 0 radical (unpaired) electrons. The van der Waals surface area contributed by atoms with E-state index < -0.39 is 12.1 Å². The number of rotatable bonds is 8. The fraction of sp³-hybridized carbons (Fsp3) is 0.923. The molecule has 0 spiro atoms. The molecule has 18 heavy (non-hydrogen) atoms. The van der Waals surface area contributed by atoms with Gasteiger partial charge < -0.3 is 20.3 Å². The summed E-state index contributed by atoms with van der Waals surface area (Å²) in [5.41, 5.74) is 0. The van der Waals surface area contributed by atoms with Gasteiger partial charge in [0.15, 0.2) is 6.10 Å². The normalized spacial score (nSPS) is 25.6. The monoisotopic (exact) mass is 259 g/mol. The third-order valence-corrected chi connectivity index (χ3v) is 3.70. The zero-order chi connectivity index (χ0) is 13.5. The Bertz CT molecular complexity index is 255. The molecule has 3 N–H and O–H groups in total. The molecule has 0 aromatic heterocycles. The summed E-state index contributed by atoms with van der Waals surface area (Å²) in [4.78, 5) is 10.7. The average Bonchev–Trinajstić information content (AvgIpc) is 2.79. The fourth-order valence-electron chi connectivity index (χ4n) is 2.43. The molecule has 1 fully saturated rings. The zero-order valence-electron chi connectivity index (χ0n) is 11.3. The lowest BCUT2D eigenvalue weighted by molar-refractivity contribution is -0.149. The molecule has 5 nitrogen and oxygen atoms in total. The Kier molecular flexibility index (Phi) is 6.60. The molecular weight excluding hydrogens is 234 g/mol. The lowest BCUT2D eigenvalue weighted by Crippen LogP contribution is -2.37. The molecule has 3 atom stereocenters. The molecule has 0 bridgehead atoms. The number of hydrogen-bond acceptors (Lipinski definition) is 4. The van der Waals surface area contributed by atoms with Crippen LogP contribution in [0.25, 0.3) is 0 Å². The summed E-state index contributed by atoms with van der Waals surface area (Å²) < 4.78 is 5.37. The third-order valence-electron chi connectivity index (χ3n) is 3.70. The molecule has 0 amide bonds. The SMILES string of the molecule is CCC(CC)C(O)CNCC1CCC(C(=O)O)O1. The van der Waals surface area contributed by atoms with Crippen molar-refractivity contribution >= 4 is 5.97 Å². The Balaban J connectivity index is 2.17. The van der Waals surface area contributed by atoms with Gasteiger partial charge in [-0.15, -0.1) is 0 Å². The number of carboxylic acid groups (broad SMARTS) is 1. The number of aliphatic hydroxyl groups excluding tert-OH is 1. The first-order chi connectivity index (χ1) is 8.58. The van der Waals surface area contributed by atoms with E-state index in [0.29, 0.717) is 25.4 Å². The van der Waals surface area contributed by atoms with Crippen LogP contribution in [0.2, 0.25) is 0 Å². The van der Waals surface area contributed by atoms with E-state index in [1.165, 1.54) is 0 Å². The summed E-state index contributed by atoms with van der Waals surface area (Å²) in [5.74, 6) is -0.552. The van der Waals surface area contributed by atoms with Crippen LogP contribution in [0.4, 0.5) is 0 Å². The van der Waals surface area contributed by atoms with E-state index in [4.69, 9.17) is 9.84 Å². The Morgan fingerprint density at radius 3 is 2.56 bits per heavy atom. The highest BCUT2D eigenvalue weighted by atomic mass is 16.5. The minimum Gasteiger partial charge on any atom is -0.479 e. The molecular formula is C13H25NO4. The first-order valence-electron chi connectivity index (χ1n) is 6.85. The van der Waals surface area contributed by atoms with Gasteiger partial charge >= 0.3 is 5.97 Å². The molecule has 1 aliphatic heterocycles. The van der Waals surface area contributed by atoms with Crippen molar-refractivity contribution in [3.8, 4) is 0 Å². The second-order valence-corrected chi connectivity index (χ2v) is 4.96. The molecule has 0 aromatic carbocycles. The zero-order valence-corrected chi connectivity index (χ0v) is 11.3. The van der Waals surface area contributed by atoms with Gasteiger partial charge in [0.1, 0.15) is 0 Å². The summed E-state index contributed by atoms with van der Waals surface area (Å²) in [5, 5.41) is 21.9. The van der Waals surface area contributed by atoms with Crippen LogP contribution in [-0.2, 0) is 9.53 Å². The van der Waals surface area contributed by atoms with E-state index in [2.05, 4.69) is 19.2 Å².